The Bertz CT molecular complexity index is 503. The fraction of sp³-hybridized carbons (Fsp3) is 0.100. The van der Waals surface area contributed by atoms with Gasteiger partial charge >= 0.3 is 0 Å². The van der Waals surface area contributed by atoms with Gasteiger partial charge in [0.05, 0.1) is 5.52 Å². The first-order valence-corrected chi connectivity index (χ1v) is 4.01. The normalized spacial score (nSPS) is 10.2. The third-order valence-electron chi connectivity index (χ3n) is 2.18. The number of nitriles is 1. The molecule has 3 N–H and O–H groups in total. The topological polar surface area (TPSA) is 65.6 Å². The van der Waals surface area contributed by atoms with Gasteiger partial charge in [-0.15, -0.1) is 0 Å². The van der Waals surface area contributed by atoms with Gasteiger partial charge in [0.25, 0.3) is 0 Å². The second-order valence-corrected chi connectivity index (χ2v) is 3.02. The van der Waals surface area contributed by atoms with E-state index in [1.807, 2.05) is 25.1 Å². The average molecular weight is 171 g/mol. The number of aromatic amines is 1. The predicted octanol–water partition coefficient (Wildman–Crippen LogP) is 1.93. The molecule has 0 atom stereocenters. The zero-order chi connectivity index (χ0) is 9.42. The van der Waals surface area contributed by atoms with E-state index < -0.39 is 0 Å². The van der Waals surface area contributed by atoms with Crippen LogP contribution in [0.4, 0.5) is 5.82 Å². The van der Waals surface area contributed by atoms with Crippen molar-refractivity contribution in [2.45, 2.75) is 6.92 Å². The van der Waals surface area contributed by atoms with Crippen LogP contribution in [0.15, 0.2) is 18.2 Å². The second kappa shape index (κ2) is 2.53. The van der Waals surface area contributed by atoms with Gasteiger partial charge in [-0.05, 0) is 12.5 Å². The molecule has 1 aromatic carbocycles. The molecular weight excluding hydrogens is 162 g/mol. The van der Waals surface area contributed by atoms with Crippen LogP contribution in [0.3, 0.4) is 0 Å². The van der Waals surface area contributed by atoms with Crippen LogP contribution < -0.4 is 5.73 Å². The summed E-state index contributed by atoms with van der Waals surface area (Å²) in [6, 6.07) is 7.89. The van der Waals surface area contributed by atoms with E-state index in [0.717, 1.165) is 16.5 Å². The molecule has 0 saturated heterocycles. The number of nitrogens with two attached hydrogens (primary N) is 1. The average Bonchev–Trinajstić information content (AvgIpc) is 2.43. The molecular formula is C10H9N3. The molecule has 0 radical (unpaired) electrons. The Balaban J connectivity index is 2.96. The summed E-state index contributed by atoms with van der Waals surface area (Å²) in [5.74, 6) is 0.451. The molecule has 0 unspecified atom stereocenters. The third kappa shape index (κ3) is 0.960. The number of benzene rings is 1. The quantitative estimate of drug-likeness (QED) is 0.636. The number of nitrogens with zero attached hydrogens (tertiary/aromatic N) is 1. The molecule has 0 amide bonds. The van der Waals surface area contributed by atoms with Gasteiger partial charge in [-0.3, -0.25) is 0 Å². The van der Waals surface area contributed by atoms with Crippen LogP contribution in [-0.2, 0) is 0 Å². The van der Waals surface area contributed by atoms with Crippen molar-refractivity contribution in [1.29, 1.82) is 5.26 Å². The fourth-order valence-corrected chi connectivity index (χ4v) is 1.50. The molecule has 64 valence electrons. The summed E-state index contributed by atoms with van der Waals surface area (Å²) < 4.78 is 0. The van der Waals surface area contributed by atoms with Crippen molar-refractivity contribution < 1.29 is 0 Å². The number of rotatable bonds is 0. The Hall–Kier alpha value is -1.95. The van der Waals surface area contributed by atoms with Gasteiger partial charge in [0.15, 0.2) is 0 Å². The molecule has 13 heavy (non-hydrogen) atoms. The van der Waals surface area contributed by atoms with Gasteiger partial charge in [-0.25, -0.2) is 0 Å². The molecule has 3 heteroatoms. The summed E-state index contributed by atoms with van der Waals surface area (Å²) in [7, 11) is 0. The maximum absolute atomic E-state index is 8.85. The molecule has 3 nitrogen and oxygen atoms in total. The standard InChI is InChI=1S/C10H9N3/c1-6-3-2-4-7-8(5-11)10(12)13-9(6)7/h2-4,13H,12H2,1H3. The minimum atomic E-state index is 0.451. The number of hydrogen-bond acceptors (Lipinski definition) is 2. The number of aromatic nitrogens is 1. The molecule has 0 aliphatic rings. The highest BCUT2D eigenvalue weighted by Gasteiger charge is 2.08. The summed E-state index contributed by atoms with van der Waals surface area (Å²) in [4.78, 5) is 3.00. The number of aryl methyl sites for hydroxylation is 1. The van der Waals surface area contributed by atoms with E-state index in [4.69, 9.17) is 11.0 Å². The van der Waals surface area contributed by atoms with Crippen LogP contribution in [0.2, 0.25) is 0 Å². The lowest BCUT2D eigenvalue weighted by Crippen LogP contribution is -1.86. The first-order chi connectivity index (χ1) is 6.24. The van der Waals surface area contributed by atoms with Crippen molar-refractivity contribution in [1.82, 2.24) is 4.98 Å². The van der Waals surface area contributed by atoms with Gasteiger partial charge in [0.1, 0.15) is 17.5 Å². The van der Waals surface area contributed by atoms with Gasteiger partial charge in [0, 0.05) is 5.39 Å². The summed E-state index contributed by atoms with van der Waals surface area (Å²) in [6.07, 6.45) is 0. The Morgan fingerprint density at radius 3 is 2.92 bits per heavy atom. The van der Waals surface area contributed by atoms with E-state index in [2.05, 4.69) is 11.1 Å². The molecule has 0 bridgehead atoms. The minimum absolute atomic E-state index is 0.451. The zero-order valence-corrected chi connectivity index (χ0v) is 7.26. The third-order valence-corrected chi connectivity index (χ3v) is 2.18. The molecule has 0 saturated carbocycles. The number of anilines is 1. The lowest BCUT2D eigenvalue weighted by Gasteiger charge is -1.93. The molecule has 0 aliphatic carbocycles. The number of H-pyrrole nitrogens is 1. The first-order valence-electron chi connectivity index (χ1n) is 4.01. The summed E-state index contributed by atoms with van der Waals surface area (Å²) in [5.41, 5.74) is 8.25. The fourth-order valence-electron chi connectivity index (χ4n) is 1.50. The maximum Gasteiger partial charge on any atom is 0.119 e. The summed E-state index contributed by atoms with van der Waals surface area (Å²) >= 11 is 0. The molecule has 0 fully saturated rings. The number of nitrogen functional groups attached to an aromatic ring is 1. The highest BCUT2D eigenvalue weighted by molar-refractivity contribution is 5.92. The summed E-state index contributed by atoms with van der Waals surface area (Å²) in [6.45, 7) is 1.99. The van der Waals surface area contributed by atoms with Gasteiger partial charge < -0.3 is 10.7 Å². The van der Waals surface area contributed by atoms with Crippen LogP contribution in [0.5, 0.6) is 0 Å². The smallest absolute Gasteiger partial charge is 0.119 e. The van der Waals surface area contributed by atoms with Crippen LogP contribution in [0.1, 0.15) is 11.1 Å². The van der Waals surface area contributed by atoms with E-state index in [-0.39, 0.29) is 0 Å². The Morgan fingerprint density at radius 2 is 2.23 bits per heavy atom. The Kier molecular flexibility index (Phi) is 1.49. The number of hydrogen-bond donors (Lipinski definition) is 2. The van der Waals surface area contributed by atoms with Crippen molar-refractivity contribution in [3.63, 3.8) is 0 Å². The van der Waals surface area contributed by atoms with E-state index >= 15 is 0 Å². The monoisotopic (exact) mass is 171 g/mol. The predicted molar refractivity (Wildman–Crippen MR) is 52.2 cm³/mol. The van der Waals surface area contributed by atoms with Crippen LogP contribution in [0.25, 0.3) is 10.9 Å². The van der Waals surface area contributed by atoms with Crippen molar-refractivity contribution >= 4 is 16.7 Å². The van der Waals surface area contributed by atoms with E-state index in [1.165, 1.54) is 0 Å². The minimum Gasteiger partial charge on any atom is -0.384 e. The zero-order valence-electron chi connectivity index (χ0n) is 7.26. The van der Waals surface area contributed by atoms with E-state index in [9.17, 15) is 0 Å². The molecule has 2 rings (SSSR count). The van der Waals surface area contributed by atoms with Crippen LogP contribution in [-0.4, -0.2) is 4.98 Å². The maximum atomic E-state index is 8.85. The van der Waals surface area contributed by atoms with Crippen molar-refractivity contribution in [3.8, 4) is 6.07 Å². The van der Waals surface area contributed by atoms with Gasteiger partial charge in [0.2, 0.25) is 0 Å². The lowest BCUT2D eigenvalue weighted by atomic mass is 10.1. The van der Waals surface area contributed by atoms with Crippen LogP contribution >= 0.6 is 0 Å². The van der Waals surface area contributed by atoms with Gasteiger partial charge in [-0.1, -0.05) is 18.2 Å². The number of para-hydroxylation sites is 1. The van der Waals surface area contributed by atoms with E-state index in [0.29, 0.717) is 11.4 Å². The number of nitrogens with one attached hydrogen (secondary N) is 1. The largest absolute Gasteiger partial charge is 0.384 e. The first kappa shape index (κ1) is 7.69. The Labute approximate surface area is 75.8 Å². The summed E-state index contributed by atoms with van der Waals surface area (Å²) in [5, 5.41) is 9.75. The van der Waals surface area contributed by atoms with Crippen LogP contribution in [0, 0.1) is 18.3 Å². The molecule has 2 aromatic rings. The van der Waals surface area contributed by atoms with E-state index in [1.54, 1.807) is 0 Å². The molecule has 0 aliphatic heterocycles. The Morgan fingerprint density at radius 1 is 1.46 bits per heavy atom. The van der Waals surface area contributed by atoms with Crippen molar-refractivity contribution in [2.24, 2.45) is 0 Å². The van der Waals surface area contributed by atoms with Crippen molar-refractivity contribution in [3.05, 3.63) is 29.3 Å². The highest BCUT2D eigenvalue weighted by atomic mass is 14.9. The molecule has 0 spiro atoms. The lowest BCUT2D eigenvalue weighted by molar-refractivity contribution is 1.41. The highest BCUT2D eigenvalue weighted by Crippen LogP contribution is 2.25. The number of fused-ring (bicyclic) bond motifs is 1. The molecule has 1 aromatic heterocycles. The SMILES string of the molecule is Cc1cccc2c(C#N)c(N)[nH]c12. The second-order valence-electron chi connectivity index (χ2n) is 3.02. The molecule has 1 heterocycles. The van der Waals surface area contributed by atoms with Crippen molar-refractivity contribution in [2.75, 3.05) is 5.73 Å². The van der Waals surface area contributed by atoms with Gasteiger partial charge in [-0.2, -0.15) is 5.26 Å².